The molecule has 5 aromatic rings. The number of benzene rings is 2. The summed E-state index contributed by atoms with van der Waals surface area (Å²) in [4.78, 5) is 9.85. The highest BCUT2D eigenvalue weighted by Crippen LogP contribution is 2.30. The molecule has 1 atom stereocenters. The van der Waals surface area contributed by atoms with E-state index in [0.717, 1.165) is 59.3 Å². The molecule has 0 saturated carbocycles. The molecule has 6 rings (SSSR count). The van der Waals surface area contributed by atoms with E-state index in [9.17, 15) is 0 Å². The van der Waals surface area contributed by atoms with Gasteiger partial charge in [-0.15, -0.1) is 10.2 Å². The number of fused-ring (bicyclic) bond motifs is 3. The van der Waals surface area contributed by atoms with Gasteiger partial charge in [0.1, 0.15) is 0 Å². The number of rotatable bonds is 4. The Morgan fingerprint density at radius 3 is 2.67 bits per heavy atom. The first-order valence-electron chi connectivity index (χ1n) is 11.1. The summed E-state index contributed by atoms with van der Waals surface area (Å²) in [6.07, 6.45) is 1.65. The minimum absolute atomic E-state index is 0.321. The van der Waals surface area contributed by atoms with Gasteiger partial charge < -0.3 is 9.32 Å². The topological polar surface area (TPSA) is 62.7 Å². The molecule has 0 unspecified atom stereocenters. The first-order chi connectivity index (χ1) is 16.2. The van der Waals surface area contributed by atoms with Gasteiger partial charge >= 0.3 is 0 Å². The molecule has 1 aliphatic heterocycles. The van der Waals surface area contributed by atoms with Gasteiger partial charge in [-0.05, 0) is 42.8 Å². The summed E-state index contributed by atoms with van der Waals surface area (Å²) in [7, 11) is 0. The lowest BCUT2D eigenvalue weighted by atomic mass is 10.1. The molecule has 8 heteroatoms. The van der Waals surface area contributed by atoms with E-state index in [1.807, 2.05) is 59.0 Å². The number of halogens is 1. The number of furan rings is 1. The van der Waals surface area contributed by atoms with Crippen LogP contribution in [0.1, 0.15) is 12.5 Å². The largest absolute Gasteiger partial charge is 0.461 e. The second kappa shape index (κ2) is 8.17. The normalized spacial score (nSPS) is 17.3. The number of hydrogen-bond acceptors (Lipinski definition) is 6. The molecule has 166 valence electrons. The Kier molecular flexibility index (Phi) is 5.00. The van der Waals surface area contributed by atoms with E-state index in [1.54, 1.807) is 6.26 Å². The fourth-order valence-corrected chi connectivity index (χ4v) is 4.80. The van der Waals surface area contributed by atoms with Crippen LogP contribution in [0.25, 0.3) is 28.1 Å². The van der Waals surface area contributed by atoms with Gasteiger partial charge in [0.05, 0.1) is 11.8 Å². The molecule has 1 aliphatic rings. The molecule has 1 saturated heterocycles. The van der Waals surface area contributed by atoms with Crippen LogP contribution < -0.4 is 4.90 Å². The zero-order valence-corrected chi connectivity index (χ0v) is 19.0. The van der Waals surface area contributed by atoms with Crippen molar-refractivity contribution in [2.75, 3.05) is 24.5 Å². The van der Waals surface area contributed by atoms with E-state index in [2.05, 4.69) is 33.0 Å². The summed E-state index contributed by atoms with van der Waals surface area (Å²) in [5.41, 5.74) is 2.85. The van der Waals surface area contributed by atoms with Gasteiger partial charge in [0.15, 0.2) is 11.4 Å². The van der Waals surface area contributed by atoms with Gasteiger partial charge in [0.2, 0.25) is 11.8 Å². The summed E-state index contributed by atoms with van der Waals surface area (Å²) < 4.78 is 7.69. The molecular weight excluding hydrogens is 436 g/mol. The van der Waals surface area contributed by atoms with Crippen LogP contribution >= 0.6 is 11.6 Å². The fraction of sp³-hybridized carbons (Fsp3) is 0.240. The third-order valence-corrected chi connectivity index (χ3v) is 6.72. The van der Waals surface area contributed by atoms with Crippen molar-refractivity contribution in [2.45, 2.75) is 19.5 Å². The Morgan fingerprint density at radius 2 is 1.85 bits per heavy atom. The first-order valence-corrected chi connectivity index (χ1v) is 11.5. The molecule has 4 heterocycles. The summed E-state index contributed by atoms with van der Waals surface area (Å²) in [6.45, 7) is 5.66. The van der Waals surface area contributed by atoms with Crippen molar-refractivity contribution in [3.8, 4) is 11.6 Å². The molecule has 0 aliphatic carbocycles. The highest BCUT2D eigenvalue weighted by Gasteiger charge is 2.28. The quantitative estimate of drug-likeness (QED) is 0.381. The van der Waals surface area contributed by atoms with Gasteiger partial charge in [-0.3, -0.25) is 4.90 Å². The maximum Gasteiger partial charge on any atom is 0.213 e. The molecule has 2 aromatic carbocycles. The minimum atomic E-state index is 0.321. The molecule has 0 N–H and O–H groups in total. The second-order valence-corrected chi connectivity index (χ2v) is 8.85. The highest BCUT2D eigenvalue weighted by molar-refractivity contribution is 6.31. The summed E-state index contributed by atoms with van der Waals surface area (Å²) in [5, 5.41) is 10.8. The first kappa shape index (κ1) is 20.2. The van der Waals surface area contributed by atoms with Crippen molar-refractivity contribution in [1.29, 1.82) is 0 Å². The zero-order chi connectivity index (χ0) is 22.4. The van der Waals surface area contributed by atoms with E-state index >= 15 is 0 Å². The third kappa shape index (κ3) is 3.53. The maximum atomic E-state index is 6.42. The lowest BCUT2D eigenvalue weighted by molar-refractivity contribution is 0.180. The Morgan fingerprint density at radius 1 is 1.00 bits per heavy atom. The Balaban J connectivity index is 1.39. The predicted octanol–water partition coefficient (Wildman–Crippen LogP) is 4.90. The Labute approximate surface area is 196 Å². The number of piperazine rings is 1. The number of anilines is 1. The van der Waals surface area contributed by atoms with Crippen LogP contribution in [0.5, 0.6) is 0 Å². The molecular formula is C25H23ClN6O. The molecule has 0 amide bonds. The number of aromatic nitrogens is 4. The zero-order valence-electron chi connectivity index (χ0n) is 18.2. The standard InChI is InChI=1S/C25H23ClN6O/c1-17-15-31(13-12-30(17)16-18-7-2-4-9-20(18)26)25-27-21-10-5-3-8-19(21)23-28-29-24(32(23)25)22-11-6-14-33-22/h2-11,14,17H,12-13,15-16H2,1H3/t17-/m1/s1. The van der Waals surface area contributed by atoms with Crippen molar-refractivity contribution in [2.24, 2.45) is 0 Å². The van der Waals surface area contributed by atoms with Gasteiger partial charge in [-0.25, -0.2) is 9.38 Å². The van der Waals surface area contributed by atoms with Crippen LogP contribution in [-0.4, -0.2) is 50.2 Å². The van der Waals surface area contributed by atoms with E-state index < -0.39 is 0 Å². The van der Waals surface area contributed by atoms with Crippen molar-refractivity contribution in [3.63, 3.8) is 0 Å². The number of hydrogen-bond donors (Lipinski definition) is 0. The molecule has 7 nitrogen and oxygen atoms in total. The van der Waals surface area contributed by atoms with E-state index in [0.29, 0.717) is 17.6 Å². The average Bonchev–Trinajstić information content (AvgIpc) is 3.51. The van der Waals surface area contributed by atoms with Gasteiger partial charge in [0, 0.05) is 42.6 Å². The van der Waals surface area contributed by atoms with E-state index in [1.165, 1.54) is 0 Å². The van der Waals surface area contributed by atoms with Gasteiger partial charge in [-0.1, -0.05) is 41.9 Å². The van der Waals surface area contributed by atoms with Crippen molar-refractivity contribution in [1.82, 2.24) is 24.5 Å². The van der Waals surface area contributed by atoms with Crippen LogP contribution in [0, 0.1) is 0 Å². The third-order valence-electron chi connectivity index (χ3n) is 6.35. The van der Waals surface area contributed by atoms with E-state index in [-0.39, 0.29) is 0 Å². The van der Waals surface area contributed by atoms with Crippen molar-refractivity contribution in [3.05, 3.63) is 77.5 Å². The molecule has 0 radical (unpaired) electrons. The van der Waals surface area contributed by atoms with Crippen LogP contribution in [0.4, 0.5) is 5.95 Å². The molecule has 0 spiro atoms. The van der Waals surface area contributed by atoms with Crippen molar-refractivity contribution < 1.29 is 4.42 Å². The molecule has 3 aromatic heterocycles. The Bertz CT molecular complexity index is 1430. The molecule has 0 bridgehead atoms. The van der Waals surface area contributed by atoms with E-state index in [4.69, 9.17) is 21.0 Å². The lowest BCUT2D eigenvalue weighted by Gasteiger charge is -2.40. The highest BCUT2D eigenvalue weighted by atomic mass is 35.5. The van der Waals surface area contributed by atoms with Crippen LogP contribution in [-0.2, 0) is 6.54 Å². The smallest absolute Gasteiger partial charge is 0.213 e. The number of nitrogens with zero attached hydrogens (tertiary/aromatic N) is 6. The number of para-hydroxylation sites is 1. The van der Waals surface area contributed by atoms with Crippen LogP contribution in [0.15, 0.2) is 71.3 Å². The summed E-state index contributed by atoms with van der Waals surface area (Å²) in [6, 6.07) is 20.2. The van der Waals surface area contributed by atoms with Crippen LogP contribution in [0.2, 0.25) is 5.02 Å². The minimum Gasteiger partial charge on any atom is -0.461 e. The van der Waals surface area contributed by atoms with Gasteiger partial charge in [-0.2, -0.15) is 0 Å². The van der Waals surface area contributed by atoms with Crippen molar-refractivity contribution >= 4 is 34.1 Å². The Hall–Kier alpha value is -3.42. The van der Waals surface area contributed by atoms with Crippen LogP contribution in [0.3, 0.4) is 0 Å². The molecule has 1 fully saturated rings. The predicted molar refractivity (Wildman–Crippen MR) is 130 cm³/mol. The summed E-state index contributed by atoms with van der Waals surface area (Å²) >= 11 is 6.42. The maximum absolute atomic E-state index is 6.42. The second-order valence-electron chi connectivity index (χ2n) is 8.45. The fourth-order valence-electron chi connectivity index (χ4n) is 4.60. The average molecular weight is 459 g/mol. The monoisotopic (exact) mass is 458 g/mol. The molecule has 33 heavy (non-hydrogen) atoms. The lowest BCUT2D eigenvalue weighted by Crippen LogP contribution is -2.52. The van der Waals surface area contributed by atoms with Gasteiger partial charge in [0.25, 0.3) is 0 Å². The SMILES string of the molecule is C[C@@H]1CN(c2nc3ccccc3c3nnc(-c4ccco4)n23)CCN1Cc1ccccc1Cl. The summed E-state index contributed by atoms with van der Waals surface area (Å²) in [5.74, 6) is 2.17.